The minimum absolute atomic E-state index is 0.0318. The van der Waals surface area contributed by atoms with Crippen molar-refractivity contribution in [3.05, 3.63) is 70.9 Å². The Balaban J connectivity index is 1.48. The third-order valence-electron chi connectivity index (χ3n) is 7.93. The van der Waals surface area contributed by atoms with Crippen LogP contribution in [0.4, 0.5) is 36.8 Å². The Morgan fingerprint density at radius 1 is 1.03 bits per heavy atom. The van der Waals surface area contributed by atoms with E-state index in [2.05, 4.69) is 27.4 Å². The number of hydrogen-bond donors (Lipinski definition) is 2. The Bertz CT molecular complexity index is 1360. The summed E-state index contributed by atoms with van der Waals surface area (Å²) in [6.45, 7) is 5.84. The molecule has 2 N–H and O–H groups in total. The fourth-order valence-corrected chi connectivity index (χ4v) is 6.05. The summed E-state index contributed by atoms with van der Waals surface area (Å²) in [6, 6.07) is 7.07. The van der Waals surface area contributed by atoms with Crippen LogP contribution in [-0.4, -0.2) is 35.0 Å². The average Bonchev–Trinajstić information content (AvgIpc) is 3.46. The summed E-state index contributed by atoms with van der Waals surface area (Å²) in [5, 5.41) is 5.95. The highest BCUT2D eigenvalue weighted by Crippen LogP contribution is 2.44. The number of piperidine rings is 1. The number of pyridine rings is 1. The predicted octanol–water partition coefficient (Wildman–Crippen LogP) is 7.17. The number of aryl methyl sites for hydroxylation is 1. The Hall–Kier alpha value is -3.34. The molecule has 2 aliphatic heterocycles. The van der Waals surface area contributed by atoms with Gasteiger partial charge in [0, 0.05) is 36.4 Å². The molecule has 2 bridgehead atoms. The first-order valence-electron chi connectivity index (χ1n) is 12.8. The molecule has 3 aromatic rings. The van der Waals surface area contributed by atoms with Gasteiger partial charge in [-0.05, 0) is 67.1 Å². The van der Waals surface area contributed by atoms with Gasteiger partial charge in [-0.3, -0.25) is 9.88 Å². The maximum Gasteiger partial charge on any atom is 0.416 e. The van der Waals surface area contributed by atoms with Gasteiger partial charge in [0.15, 0.2) is 0 Å². The highest BCUT2D eigenvalue weighted by molar-refractivity contribution is 5.91. The average molecular weight is 551 g/mol. The molecule has 2 amide bonds. The number of aromatic nitrogens is 1. The maximum atomic E-state index is 13.3. The first-order valence-corrected chi connectivity index (χ1v) is 12.8. The Morgan fingerprint density at radius 3 is 2.31 bits per heavy atom. The zero-order valence-corrected chi connectivity index (χ0v) is 21.3. The molecule has 2 unspecified atom stereocenters. The number of nitrogens with one attached hydrogen (secondary N) is 2. The molecule has 2 fully saturated rings. The minimum Gasteiger partial charge on any atom is -0.329 e. The van der Waals surface area contributed by atoms with E-state index in [4.69, 9.17) is 0 Å². The molecule has 0 radical (unpaired) electrons. The van der Waals surface area contributed by atoms with Gasteiger partial charge in [0.25, 0.3) is 0 Å². The highest BCUT2D eigenvalue weighted by atomic mass is 19.4. The van der Waals surface area contributed by atoms with Crippen LogP contribution in [0, 0.1) is 18.8 Å². The summed E-state index contributed by atoms with van der Waals surface area (Å²) in [5.74, 6) is 1.01. The Labute approximate surface area is 221 Å². The number of rotatable bonds is 5. The molecule has 2 saturated heterocycles. The van der Waals surface area contributed by atoms with Crippen molar-refractivity contribution in [3.8, 4) is 0 Å². The van der Waals surface area contributed by atoms with E-state index in [1.807, 2.05) is 31.2 Å². The summed E-state index contributed by atoms with van der Waals surface area (Å²) in [5.41, 5.74) is -1.08. The fraction of sp³-hybridized carbons (Fsp3) is 0.429. The molecule has 0 saturated carbocycles. The van der Waals surface area contributed by atoms with Crippen molar-refractivity contribution >= 4 is 22.6 Å². The highest BCUT2D eigenvalue weighted by Gasteiger charge is 2.47. The summed E-state index contributed by atoms with van der Waals surface area (Å²) in [6.07, 6.45) is -6.53. The monoisotopic (exact) mass is 550 g/mol. The summed E-state index contributed by atoms with van der Waals surface area (Å²) < 4.78 is 80.0. The number of alkyl halides is 6. The van der Waals surface area contributed by atoms with Crippen molar-refractivity contribution in [2.75, 3.05) is 18.4 Å². The first-order chi connectivity index (χ1) is 18.3. The van der Waals surface area contributed by atoms with E-state index in [0.717, 1.165) is 48.0 Å². The second-order valence-corrected chi connectivity index (χ2v) is 10.5. The quantitative estimate of drug-likeness (QED) is 0.331. The van der Waals surface area contributed by atoms with Crippen LogP contribution in [0.15, 0.2) is 48.7 Å². The van der Waals surface area contributed by atoms with Crippen molar-refractivity contribution in [1.29, 1.82) is 0 Å². The molecule has 5 nitrogen and oxygen atoms in total. The van der Waals surface area contributed by atoms with Crippen molar-refractivity contribution in [3.63, 3.8) is 0 Å². The molecule has 0 spiro atoms. The number of urea groups is 1. The largest absolute Gasteiger partial charge is 0.416 e. The Morgan fingerprint density at radius 2 is 1.72 bits per heavy atom. The zero-order chi connectivity index (χ0) is 28.1. The number of fused-ring (bicyclic) bond motifs is 3. The van der Waals surface area contributed by atoms with Crippen LogP contribution in [0.5, 0.6) is 0 Å². The summed E-state index contributed by atoms with van der Waals surface area (Å²) in [7, 11) is 0. The molecule has 2 aromatic carbocycles. The van der Waals surface area contributed by atoms with E-state index in [9.17, 15) is 31.1 Å². The number of benzene rings is 2. The van der Waals surface area contributed by atoms with Crippen LogP contribution >= 0.6 is 0 Å². The molecule has 5 rings (SSSR count). The SMILES string of the molecule is CC[C@@H]1CN2CC1C[C@H]2[C@H](NC(=O)Nc1cc(C(F)(F)F)cc(C(F)(F)F)c1)c1ccnc2ccc(C)cc12. The van der Waals surface area contributed by atoms with Crippen molar-refractivity contribution in [2.45, 2.75) is 51.1 Å². The van der Waals surface area contributed by atoms with Crippen LogP contribution in [0.2, 0.25) is 0 Å². The number of halogens is 6. The number of carbonyl (C=O) groups excluding carboxylic acids is 1. The lowest BCUT2D eigenvalue weighted by Gasteiger charge is -2.36. The molecule has 208 valence electrons. The van der Waals surface area contributed by atoms with Gasteiger partial charge < -0.3 is 10.6 Å². The normalized spacial score (nSPS) is 23.7. The lowest BCUT2D eigenvalue weighted by atomic mass is 9.83. The van der Waals surface area contributed by atoms with Crippen molar-refractivity contribution in [1.82, 2.24) is 15.2 Å². The minimum atomic E-state index is -5.02. The van der Waals surface area contributed by atoms with Gasteiger partial charge in [0.1, 0.15) is 0 Å². The number of hydrogen-bond acceptors (Lipinski definition) is 3. The molecular formula is C28H28F6N4O. The lowest BCUT2D eigenvalue weighted by molar-refractivity contribution is -0.143. The molecule has 1 aromatic heterocycles. The van der Waals surface area contributed by atoms with Gasteiger partial charge in [0.2, 0.25) is 0 Å². The lowest BCUT2D eigenvalue weighted by Crippen LogP contribution is -2.46. The second kappa shape index (κ2) is 10.0. The molecule has 5 atom stereocenters. The van der Waals surface area contributed by atoms with Gasteiger partial charge in [-0.2, -0.15) is 26.3 Å². The van der Waals surface area contributed by atoms with Gasteiger partial charge >= 0.3 is 18.4 Å². The fourth-order valence-electron chi connectivity index (χ4n) is 6.05. The third-order valence-corrected chi connectivity index (χ3v) is 7.93. The number of nitrogens with zero attached hydrogens (tertiary/aromatic N) is 2. The zero-order valence-electron chi connectivity index (χ0n) is 21.3. The van der Waals surface area contributed by atoms with E-state index in [0.29, 0.717) is 24.0 Å². The van der Waals surface area contributed by atoms with Gasteiger partial charge in [0.05, 0.1) is 22.7 Å². The van der Waals surface area contributed by atoms with Gasteiger partial charge in [-0.25, -0.2) is 4.79 Å². The summed E-state index contributed by atoms with van der Waals surface area (Å²) >= 11 is 0. The molecule has 39 heavy (non-hydrogen) atoms. The van der Waals surface area contributed by atoms with Crippen LogP contribution < -0.4 is 10.6 Å². The molecule has 3 heterocycles. The molecule has 0 aliphatic carbocycles. The maximum absolute atomic E-state index is 13.3. The van der Waals surface area contributed by atoms with Crippen LogP contribution in [-0.2, 0) is 12.4 Å². The molecule has 11 heteroatoms. The van der Waals surface area contributed by atoms with E-state index in [-0.39, 0.29) is 12.1 Å². The van der Waals surface area contributed by atoms with Gasteiger partial charge in [-0.15, -0.1) is 0 Å². The van der Waals surface area contributed by atoms with E-state index < -0.39 is 41.2 Å². The second-order valence-electron chi connectivity index (χ2n) is 10.5. The standard InChI is InChI=1S/C28H28F6N4O/c1-3-16-13-38-14-17(16)9-24(38)25(21-6-7-35-23-5-4-15(2)8-22(21)23)37-26(39)36-20-11-18(27(29,30)31)10-19(12-20)28(32,33)34/h4-8,10-12,16-17,24-25H,3,9,13-14H2,1-2H3,(H2,36,37,39)/t16-,17?,24+,25-/m1/s1. The predicted molar refractivity (Wildman–Crippen MR) is 135 cm³/mol. The summed E-state index contributed by atoms with van der Waals surface area (Å²) in [4.78, 5) is 19.9. The van der Waals surface area contributed by atoms with E-state index >= 15 is 0 Å². The van der Waals surface area contributed by atoms with Crippen molar-refractivity contribution < 1.29 is 31.1 Å². The topological polar surface area (TPSA) is 57.3 Å². The number of anilines is 1. The van der Waals surface area contributed by atoms with E-state index in [1.54, 1.807) is 6.20 Å². The molecule has 2 aliphatic rings. The van der Waals surface area contributed by atoms with Crippen LogP contribution in [0.25, 0.3) is 10.9 Å². The first kappa shape index (κ1) is 27.2. The number of carbonyl (C=O) groups is 1. The van der Waals surface area contributed by atoms with Crippen LogP contribution in [0.3, 0.4) is 0 Å². The van der Waals surface area contributed by atoms with Crippen molar-refractivity contribution in [2.24, 2.45) is 11.8 Å². The molecular weight excluding hydrogens is 522 g/mol. The van der Waals surface area contributed by atoms with Crippen LogP contribution in [0.1, 0.15) is 48.1 Å². The van der Waals surface area contributed by atoms with Gasteiger partial charge in [-0.1, -0.05) is 25.0 Å². The van der Waals surface area contributed by atoms with E-state index in [1.165, 1.54) is 0 Å². The Kier molecular flexibility index (Phi) is 6.98. The smallest absolute Gasteiger partial charge is 0.329 e. The number of amides is 2. The third kappa shape index (κ3) is 5.54.